The van der Waals surface area contributed by atoms with Gasteiger partial charge in [-0.2, -0.15) is 16.1 Å². The fourth-order valence-corrected chi connectivity index (χ4v) is 4.79. The lowest BCUT2D eigenvalue weighted by atomic mass is 10.1. The normalized spacial score (nSPS) is 13.4. The molecule has 118 valence electrons. The molecule has 0 saturated heterocycles. The summed E-state index contributed by atoms with van der Waals surface area (Å²) in [6.45, 7) is 3.81. The van der Waals surface area contributed by atoms with Crippen LogP contribution in [0.4, 0.5) is 0 Å². The third-order valence-electron chi connectivity index (χ3n) is 3.48. The van der Waals surface area contributed by atoms with Crippen LogP contribution in [0, 0.1) is 6.92 Å². The molecule has 0 heterocycles. The molecule has 1 unspecified atom stereocenters. The smallest absolute Gasteiger partial charge is 0.243 e. The van der Waals surface area contributed by atoms with Crippen LogP contribution in [0.25, 0.3) is 0 Å². The molecule has 0 aliphatic rings. The summed E-state index contributed by atoms with van der Waals surface area (Å²) in [7, 11) is -1.87. The van der Waals surface area contributed by atoms with Gasteiger partial charge in [-0.25, -0.2) is 8.42 Å². The lowest BCUT2D eigenvalue weighted by Gasteiger charge is -2.26. The molecule has 1 rings (SSSR count). The van der Waals surface area contributed by atoms with E-state index in [-0.39, 0.29) is 15.9 Å². The van der Waals surface area contributed by atoms with Crippen LogP contribution >= 0.6 is 24.0 Å². The fourth-order valence-electron chi connectivity index (χ4n) is 2.11. The van der Waals surface area contributed by atoms with E-state index in [0.717, 1.165) is 17.7 Å². The van der Waals surface area contributed by atoms with E-state index in [1.807, 2.05) is 20.1 Å². The van der Waals surface area contributed by atoms with Gasteiger partial charge in [-0.3, -0.25) is 0 Å². The number of benzene rings is 1. The number of thioether (sulfide) groups is 1. The minimum absolute atomic E-state index is 0.0134. The maximum Gasteiger partial charge on any atom is 0.243 e. The molecule has 1 atom stereocenters. The van der Waals surface area contributed by atoms with Gasteiger partial charge in [0.1, 0.15) is 4.99 Å². The van der Waals surface area contributed by atoms with E-state index in [0.29, 0.717) is 5.56 Å². The minimum Gasteiger partial charge on any atom is -0.389 e. The van der Waals surface area contributed by atoms with Gasteiger partial charge in [0.05, 0.1) is 4.90 Å². The van der Waals surface area contributed by atoms with E-state index < -0.39 is 10.0 Å². The van der Waals surface area contributed by atoms with Crippen LogP contribution < -0.4 is 5.73 Å². The lowest BCUT2D eigenvalue weighted by Crippen LogP contribution is -2.38. The van der Waals surface area contributed by atoms with Crippen LogP contribution in [-0.2, 0) is 10.0 Å². The van der Waals surface area contributed by atoms with Crippen molar-refractivity contribution in [2.75, 3.05) is 19.1 Å². The highest BCUT2D eigenvalue weighted by atomic mass is 32.2. The first-order valence-electron chi connectivity index (χ1n) is 6.63. The lowest BCUT2D eigenvalue weighted by molar-refractivity contribution is 0.385. The first-order chi connectivity index (χ1) is 9.75. The predicted molar refractivity (Wildman–Crippen MR) is 94.5 cm³/mol. The highest BCUT2D eigenvalue weighted by Gasteiger charge is 2.27. The summed E-state index contributed by atoms with van der Waals surface area (Å²) in [6.07, 6.45) is 2.75. The maximum absolute atomic E-state index is 12.7. The van der Waals surface area contributed by atoms with Crippen LogP contribution in [0.5, 0.6) is 0 Å². The Morgan fingerprint density at radius 1 is 1.48 bits per heavy atom. The maximum atomic E-state index is 12.7. The largest absolute Gasteiger partial charge is 0.389 e. The molecule has 1 aromatic carbocycles. The number of hydrogen-bond acceptors (Lipinski definition) is 4. The molecule has 0 radical (unpaired) electrons. The zero-order chi connectivity index (χ0) is 16.2. The van der Waals surface area contributed by atoms with Gasteiger partial charge in [-0.15, -0.1) is 0 Å². The van der Waals surface area contributed by atoms with Crippen molar-refractivity contribution in [3.05, 3.63) is 29.3 Å². The highest BCUT2D eigenvalue weighted by Crippen LogP contribution is 2.22. The summed E-state index contributed by atoms with van der Waals surface area (Å²) in [5.41, 5.74) is 7.10. The third kappa shape index (κ3) is 4.18. The Bertz CT molecular complexity index is 615. The van der Waals surface area contributed by atoms with Crippen molar-refractivity contribution in [3.8, 4) is 0 Å². The number of aryl methyl sites for hydroxylation is 1. The van der Waals surface area contributed by atoms with E-state index in [4.69, 9.17) is 18.0 Å². The summed E-state index contributed by atoms with van der Waals surface area (Å²) >= 11 is 6.59. The second-order valence-electron chi connectivity index (χ2n) is 4.88. The van der Waals surface area contributed by atoms with E-state index >= 15 is 0 Å². The molecule has 0 bridgehead atoms. The number of sulfonamides is 1. The number of hydrogen-bond donors (Lipinski definition) is 1. The van der Waals surface area contributed by atoms with E-state index in [9.17, 15) is 8.42 Å². The van der Waals surface area contributed by atoms with Gasteiger partial charge in [0.2, 0.25) is 10.0 Å². The van der Waals surface area contributed by atoms with Gasteiger partial charge in [0.15, 0.2) is 0 Å². The van der Waals surface area contributed by atoms with Gasteiger partial charge in [0, 0.05) is 24.4 Å². The summed E-state index contributed by atoms with van der Waals surface area (Å²) < 4.78 is 26.8. The van der Waals surface area contributed by atoms with Gasteiger partial charge in [-0.05, 0) is 37.3 Å². The molecule has 4 nitrogen and oxygen atoms in total. The second-order valence-corrected chi connectivity index (χ2v) is 8.23. The molecular formula is C14H22N2O2S3. The van der Waals surface area contributed by atoms with Crippen molar-refractivity contribution >= 4 is 39.0 Å². The monoisotopic (exact) mass is 346 g/mol. The zero-order valence-corrected chi connectivity index (χ0v) is 15.2. The summed E-state index contributed by atoms with van der Waals surface area (Å²) in [6, 6.07) is 4.86. The number of rotatable bonds is 7. The molecular weight excluding hydrogens is 324 g/mol. The molecule has 0 fully saturated rings. The van der Waals surface area contributed by atoms with Gasteiger partial charge in [-0.1, -0.05) is 25.2 Å². The molecule has 0 spiro atoms. The molecule has 1 aromatic rings. The Morgan fingerprint density at radius 3 is 2.52 bits per heavy atom. The molecule has 21 heavy (non-hydrogen) atoms. The van der Waals surface area contributed by atoms with Crippen molar-refractivity contribution in [2.45, 2.75) is 31.2 Å². The van der Waals surface area contributed by atoms with Gasteiger partial charge >= 0.3 is 0 Å². The van der Waals surface area contributed by atoms with E-state index in [2.05, 4.69) is 0 Å². The zero-order valence-electron chi connectivity index (χ0n) is 12.8. The molecule has 0 amide bonds. The summed E-state index contributed by atoms with van der Waals surface area (Å²) in [4.78, 5) is 0.556. The van der Waals surface area contributed by atoms with Gasteiger partial charge in [0.25, 0.3) is 0 Å². The topological polar surface area (TPSA) is 63.4 Å². The second kappa shape index (κ2) is 7.58. The quantitative estimate of drug-likeness (QED) is 0.768. The van der Waals surface area contributed by atoms with Crippen LogP contribution in [0.2, 0.25) is 0 Å². The van der Waals surface area contributed by atoms with Crippen molar-refractivity contribution in [1.82, 2.24) is 4.31 Å². The minimum atomic E-state index is -3.50. The van der Waals surface area contributed by atoms with Crippen LogP contribution in [0.3, 0.4) is 0 Å². The van der Waals surface area contributed by atoms with Crippen LogP contribution in [0.1, 0.15) is 24.5 Å². The first-order valence-corrected chi connectivity index (χ1v) is 9.87. The Morgan fingerprint density at radius 2 is 2.10 bits per heavy atom. The van der Waals surface area contributed by atoms with Crippen molar-refractivity contribution < 1.29 is 8.42 Å². The van der Waals surface area contributed by atoms with E-state index in [1.54, 1.807) is 37.0 Å². The number of thiocarbonyl (C=S) groups is 1. The Hall–Kier alpha value is -0.630. The molecule has 7 heteroatoms. The average molecular weight is 347 g/mol. The standard InChI is InChI=1S/C14H22N2O2S3/c1-5-11(9-20-4)16(3)21(17,18)12-6-7-13(14(15)19)10(2)8-12/h6-8,11H,5,9H2,1-4H3,(H2,15,19). The Balaban J connectivity index is 3.18. The summed E-state index contributed by atoms with van der Waals surface area (Å²) in [5, 5.41) is 0. The first kappa shape index (κ1) is 18.4. The number of nitrogens with zero attached hydrogens (tertiary/aromatic N) is 1. The van der Waals surface area contributed by atoms with Gasteiger partial charge < -0.3 is 5.73 Å². The predicted octanol–water partition coefficient (Wildman–Crippen LogP) is 2.39. The van der Waals surface area contributed by atoms with Crippen molar-refractivity contribution in [3.63, 3.8) is 0 Å². The van der Waals surface area contributed by atoms with Crippen LogP contribution in [0.15, 0.2) is 23.1 Å². The van der Waals surface area contributed by atoms with Crippen molar-refractivity contribution in [1.29, 1.82) is 0 Å². The highest BCUT2D eigenvalue weighted by molar-refractivity contribution is 7.98. The molecule has 0 aromatic heterocycles. The number of nitrogens with two attached hydrogens (primary N) is 1. The molecule has 0 aliphatic heterocycles. The van der Waals surface area contributed by atoms with E-state index in [1.165, 1.54) is 4.31 Å². The summed E-state index contributed by atoms with van der Waals surface area (Å²) in [5.74, 6) is 0.774. The fraction of sp³-hybridized carbons (Fsp3) is 0.500. The SMILES string of the molecule is CCC(CSC)N(C)S(=O)(=O)c1ccc(C(N)=S)c(C)c1. The molecule has 2 N–H and O–H groups in total. The Labute approximate surface area is 137 Å². The molecule has 0 saturated carbocycles. The van der Waals surface area contributed by atoms with Crippen LogP contribution in [-0.4, -0.2) is 42.8 Å². The average Bonchev–Trinajstić information content (AvgIpc) is 2.43. The van der Waals surface area contributed by atoms with Crippen molar-refractivity contribution in [2.24, 2.45) is 5.73 Å². The third-order valence-corrected chi connectivity index (χ3v) is 6.33. The molecule has 0 aliphatic carbocycles. The Kier molecular flexibility index (Phi) is 6.65.